The second kappa shape index (κ2) is 13.5. The molecule has 1 fully saturated rings. The normalized spacial score (nSPS) is 15.8. The van der Waals surface area contributed by atoms with Gasteiger partial charge in [-0.15, -0.1) is 0 Å². The minimum absolute atomic E-state index is 0.0680. The van der Waals surface area contributed by atoms with Crippen molar-refractivity contribution in [1.82, 2.24) is 10.6 Å². The summed E-state index contributed by atoms with van der Waals surface area (Å²) in [6.07, 6.45) is -3.07. The molecule has 16 heteroatoms. The number of aliphatic hydroxyl groups is 5. The Balaban J connectivity index is 2.52. The molecule has 0 radical (unpaired) electrons. The zero-order valence-corrected chi connectivity index (χ0v) is 23.8. The van der Waals surface area contributed by atoms with Crippen LogP contribution in [0, 0.1) is 10.7 Å². The second-order valence-corrected chi connectivity index (χ2v) is 10.2. The standard InChI is InChI=1S/C18H22I3N3O10/c19-10-13(24-2-1-9(29)16(24)30)11(20)15(34-18(32)23-8(5-27)6-28)12(21)14(10)33-17(31)22-7(3-25)4-26/h7-9,25-29H,1-6H2,(H,22,31)(H,23,32). The van der Waals surface area contributed by atoms with Crippen molar-refractivity contribution in [2.75, 3.05) is 37.9 Å². The highest BCUT2D eigenvalue weighted by molar-refractivity contribution is 14.1. The Hall–Kier alpha value is -0.780. The monoisotopic (exact) mass is 821 g/mol. The van der Waals surface area contributed by atoms with Crippen LogP contribution in [0.3, 0.4) is 0 Å². The van der Waals surface area contributed by atoms with Crippen molar-refractivity contribution >= 4 is 91.6 Å². The predicted molar refractivity (Wildman–Crippen MR) is 142 cm³/mol. The quantitative estimate of drug-likeness (QED) is 0.159. The minimum Gasteiger partial charge on any atom is -0.408 e. The van der Waals surface area contributed by atoms with Crippen LogP contribution in [-0.2, 0) is 4.79 Å². The first-order valence-corrected chi connectivity index (χ1v) is 12.9. The number of hydrogen-bond acceptors (Lipinski definition) is 10. The van der Waals surface area contributed by atoms with Gasteiger partial charge >= 0.3 is 12.2 Å². The molecular formula is C18H22I3N3O10. The fourth-order valence-corrected chi connectivity index (χ4v) is 6.98. The molecule has 34 heavy (non-hydrogen) atoms. The third-order valence-electron chi connectivity index (χ3n) is 4.58. The summed E-state index contributed by atoms with van der Waals surface area (Å²) < 4.78 is 11.6. The highest BCUT2D eigenvalue weighted by Gasteiger charge is 2.37. The Morgan fingerprint density at radius 2 is 1.29 bits per heavy atom. The fourth-order valence-electron chi connectivity index (χ4n) is 2.79. The third kappa shape index (κ3) is 6.91. The highest BCUT2D eigenvalue weighted by Crippen LogP contribution is 2.46. The van der Waals surface area contributed by atoms with Crippen LogP contribution < -0.4 is 25.0 Å². The van der Waals surface area contributed by atoms with E-state index < -0.39 is 62.7 Å². The van der Waals surface area contributed by atoms with Gasteiger partial charge in [0.2, 0.25) is 0 Å². The number of carbonyl (C=O) groups excluding carboxylic acids is 3. The average molecular weight is 821 g/mol. The highest BCUT2D eigenvalue weighted by atomic mass is 127. The van der Waals surface area contributed by atoms with Crippen LogP contribution in [-0.4, -0.2) is 94.8 Å². The van der Waals surface area contributed by atoms with E-state index in [4.69, 9.17) is 9.47 Å². The summed E-state index contributed by atoms with van der Waals surface area (Å²) in [4.78, 5) is 38.6. The lowest BCUT2D eigenvalue weighted by atomic mass is 10.2. The van der Waals surface area contributed by atoms with Crippen LogP contribution in [0.15, 0.2) is 0 Å². The van der Waals surface area contributed by atoms with E-state index in [0.29, 0.717) is 7.14 Å². The number of halogens is 3. The van der Waals surface area contributed by atoms with Crippen molar-refractivity contribution < 1.29 is 49.4 Å². The zero-order chi connectivity index (χ0) is 25.6. The number of anilines is 1. The number of benzene rings is 1. The van der Waals surface area contributed by atoms with Crippen LogP contribution in [0.2, 0.25) is 0 Å². The van der Waals surface area contributed by atoms with E-state index in [1.54, 1.807) is 22.6 Å². The molecule has 1 aromatic carbocycles. The Bertz CT molecular complexity index is 872. The molecule has 0 spiro atoms. The molecule has 1 aliphatic heterocycles. The van der Waals surface area contributed by atoms with Crippen LogP contribution in [0.25, 0.3) is 0 Å². The smallest absolute Gasteiger partial charge is 0.408 e. The molecule has 1 atom stereocenters. The summed E-state index contributed by atoms with van der Waals surface area (Å²) >= 11 is 5.49. The molecular weight excluding hydrogens is 799 g/mol. The van der Waals surface area contributed by atoms with Gasteiger partial charge in [0, 0.05) is 13.0 Å². The third-order valence-corrected chi connectivity index (χ3v) is 7.56. The summed E-state index contributed by atoms with van der Waals surface area (Å²) in [6.45, 7) is -1.99. The Morgan fingerprint density at radius 3 is 1.62 bits per heavy atom. The molecule has 3 amide bonds. The minimum atomic E-state index is -1.21. The summed E-state index contributed by atoms with van der Waals surface area (Å²) in [6, 6.07) is -1.95. The number of nitrogens with zero attached hydrogens (tertiary/aromatic N) is 1. The first-order chi connectivity index (χ1) is 16.1. The maximum Gasteiger partial charge on any atom is 0.413 e. The van der Waals surface area contributed by atoms with Gasteiger partial charge in [-0.05, 0) is 67.8 Å². The van der Waals surface area contributed by atoms with Gasteiger partial charge in [-0.3, -0.25) is 4.79 Å². The topological polar surface area (TPSA) is 198 Å². The van der Waals surface area contributed by atoms with E-state index in [1.807, 2.05) is 45.2 Å². The van der Waals surface area contributed by atoms with Gasteiger partial charge in [-0.2, -0.15) is 0 Å². The van der Waals surface area contributed by atoms with E-state index in [0.717, 1.165) is 0 Å². The van der Waals surface area contributed by atoms with Crippen LogP contribution >= 0.6 is 67.8 Å². The molecule has 2 rings (SSSR count). The van der Waals surface area contributed by atoms with E-state index in [1.165, 1.54) is 4.90 Å². The molecule has 1 unspecified atom stereocenters. The molecule has 1 heterocycles. The van der Waals surface area contributed by atoms with Crippen molar-refractivity contribution in [3.05, 3.63) is 10.7 Å². The van der Waals surface area contributed by atoms with Crippen LogP contribution in [0.1, 0.15) is 6.42 Å². The molecule has 190 valence electrons. The summed E-state index contributed by atoms with van der Waals surface area (Å²) in [5.41, 5.74) is 0.246. The molecule has 1 saturated heterocycles. The number of nitrogens with one attached hydrogen (secondary N) is 2. The number of ether oxygens (including phenoxy) is 2. The van der Waals surface area contributed by atoms with Crippen molar-refractivity contribution in [2.45, 2.75) is 24.6 Å². The van der Waals surface area contributed by atoms with E-state index in [-0.39, 0.29) is 33.7 Å². The summed E-state index contributed by atoms with van der Waals surface area (Å²) in [5, 5.41) is 51.2. The number of amides is 3. The largest absolute Gasteiger partial charge is 0.413 e. The maximum absolute atomic E-state index is 12.5. The molecule has 1 aliphatic rings. The van der Waals surface area contributed by atoms with Gasteiger partial charge in [0.25, 0.3) is 5.91 Å². The van der Waals surface area contributed by atoms with Gasteiger partial charge in [0.05, 0.1) is 51.3 Å². The van der Waals surface area contributed by atoms with Gasteiger partial charge < -0.3 is 50.5 Å². The molecule has 0 aromatic heterocycles. The Labute approximate surface area is 234 Å². The fraction of sp³-hybridized carbons (Fsp3) is 0.500. The van der Waals surface area contributed by atoms with Crippen molar-refractivity contribution in [3.63, 3.8) is 0 Å². The van der Waals surface area contributed by atoms with Crippen LogP contribution in [0.4, 0.5) is 15.3 Å². The number of aliphatic hydroxyl groups excluding tert-OH is 5. The van der Waals surface area contributed by atoms with Crippen molar-refractivity contribution in [1.29, 1.82) is 0 Å². The molecule has 0 bridgehead atoms. The maximum atomic E-state index is 12.5. The molecule has 0 aliphatic carbocycles. The summed E-state index contributed by atoms with van der Waals surface area (Å²) in [5.74, 6) is -0.715. The Morgan fingerprint density at radius 1 is 0.882 bits per heavy atom. The first-order valence-electron chi connectivity index (χ1n) is 9.69. The molecule has 1 aromatic rings. The molecule has 13 nitrogen and oxygen atoms in total. The van der Waals surface area contributed by atoms with Gasteiger partial charge in [-0.1, -0.05) is 0 Å². The van der Waals surface area contributed by atoms with Gasteiger partial charge in [-0.25, -0.2) is 9.59 Å². The van der Waals surface area contributed by atoms with Crippen molar-refractivity contribution in [2.24, 2.45) is 0 Å². The number of rotatable bonds is 9. The van der Waals surface area contributed by atoms with Crippen LogP contribution in [0.5, 0.6) is 11.5 Å². The second-order valence-electron chi connectivity index (χ2n) is 6.94. The Kier molecular flexibility index (Phi) is 11.7. The first kappa shape index (κ1) is 29.5. The van der Waals surface area contributed by atoms with E-state index in [2.05, 4.69) is 10.6 Å². The average Bonchev–Trinajstić information content (AvgIpc) is 3.14. The summed E-state index contributed by atoms with van der Waals surface area (Å²) in [7, 11) is 0. The lowest BCUT2D eigenvalue weighted by Crippen LogP contribution is -2.42. The molecule has 7 N–H and O–H groups in total. The van der Waals surface area contributed by atoms with E-state index >= 15 is 0 Å². The predicted octanol–water partition coefficient (Wildman–Crippen LogP) is -0.519. The zero-order valence-electron chi connectivity index (χ0n) is 17.3. The van der Waals surface area contributed by atoms with Gasteiger partial charge in [0.1, 0.15) is 9.67 Å². The lowest BCUT2D eigenvalue weighted by molar-refractivity contribution is -0.124. The number of hydrogen-bond donors (Lipinski definition) is 7. The lowest BCUT2D eigenvalue weighted by Gasteiger charge is -2.25. The van der Waals surface area contributed by atoms with E-state index in [9.17, 15) is 39.9 Å². The molecule has 0 saturated carbocycles. The van der Waals surface area contributed by atoms with Gasteiger partial charge in [0.15, 0.2) is 11.5 Å². The van der Waals surface area contributed by atoms with Crippen molar-refractivity contribution in [3.8, 4) is 11.5 Å². The SMILES string of the molecule is O=C(NC(CO)CO)Oc1c(I)c(OC(=O)NC(CO)CO)c(I)c(N2CCC(O)C2=O)c1I. The number of carbonyl (C=O) groups is 3.